The highest BCUT2D eigenvalue weighted by molar-refractivity contribution is 5.89. The number of nitrogens with two attached hydrogens (primary N) is 1. The van der Waals surface area contributed by atoms with Crippen LogP contribution in [-0.2, 0) is 12.4 Å². The molecule has 0 spiro atoms. The monoisotopic (exact) mass is 357 g/mol. The number of nitrogen functional groups attached to an aromatic ring is 1. The van der Waals surface area contributed by atoms with Crippen molar-refractivity contribution < 1.29 is 26.3 Å². The van der Waals surface area contributed by atoms with Crippen LogP contribution in [0.2, 0.25) is 0 Å². The minimum absolute atomic E-state index is 0.0356. The van der Waals surface area contributed by atoms with E-state index in [0.29, 0.717) is 23.0 Å². The van der Waals surface area contributed by atoms with E-state index in [1.54, 1.807) is 18.2 Å². The molecule has 9 heteroatoms. The van der Waals surface area contributed by atoms with Crippen molar-refractivity contribution in [2.75, 3.05) is 5.73 Å². The maximum Gasteiger partial charge on any atom is 0.416 e. The van der Waals surface area contributed by atoms with E-state index in [1.807, 2.05) is 0 Å². The normalized spacial score (nSPS) is 12.6. The van der Waals surface area contributed by atoms with E-state index in [4.69, 9.17) is 5.73 Å². The predicted octanol–water partition coefficient (Wildman–Crippen LogP) is 4.92. The van der Waals surface area contributed by atoms with Gasteiger partial charge in [0.1, 0.15) is 5.82 Å². The second-order valence-corrected chi connectivity index (χ2v) is 5.24. The fourth-order valence-electron chi connectivity index (χ4n) is 2.31. The number of nitrogens with zero attached hydrogens (tertiary/aromatic N) is 2. The number of alkyl halides is 6. The van der Waals surface area contributed by atoms with Crippen LogP contribution in [0.5, 0.6) is 0 Å². The number of benzene rings is 2. The summed E-state index contributed by atoms with van der Waals surface area (Å²) in [6, 6.07) is 7.60. The van der Waals surface area contributed by atoms with Gasteiger partial charge in [0.2, 0.25) is 0 Å². The van der Waals surface area contributed by atoms with Gasteiger partial charge in [-0.1, -0.05) is 12.1 Å². The Kier molecular flexibility index (Phi) is 3.81. The van der Waals surface area contributed by atoms with Crippen molar-refractivity contribution in [1.29, 1.82) is 0 Å². The van der Waals surface area contributed by atoms with Crippen molar-refractivity contribution in [3.05, 3.63) is 53.6 Å². The van der Waals surface area contributed by atoms with Gasteiger partial charge in [-0.2, -0.15) is 26.3 Å². The van der Waals surface area contributed by atoms with Crippen LogP contribution in [0.4, 0.5) is 32.2 Å². The first kappa shape index (κ1) is 17.0. The zero-order chi connectivity index (χ0) is 18.4. The highest BCUT2D eigenvalue weighted by Gasteiger charge is 2.37. The lowest BCUT2D eigenvalue weighted by molar-refractivity contribution is -0.143. The minimum Gasteiger partial charge on any atom is -0.383 e. The molecule has 0 atom stereocenters. The third-order valence-corrected chi connectivity index (χ3v) is 3.48. The van der Waals surface area contributed by atoms with E-state index in [9.17, 15) is 26.3 Å². The molecule has 2 aromatic carbocycles. The fraction of sp³-hybridized carbons (Fsp3) is 0.125. The van der Waals surface area contributed by atoms with Gasteiger partial charge in [-0.25, -0.2) is 9.97 Å². The Morgan fingerprint density at radius 1 is 0.760 bits per heavy atom. The van der Waals surface area contributed by atoms with Gasteiger partial charge in [-0.05, 0) is 30.3 Å². The average molecular weight is 357 g/mol. The van der Waals surface area contributed by atoms with E-state index in [-0.39, 0.29) is 17.7 Å². The zero-order valence-corrected chi connectivity index (χ0v) is 12.3. The van der Waals surface area contributed by atoms with Gasteiger partial charge in [0.05, 0.1) is 16.6 Å². The summed E-state index contributed by atoms with van der Waals surface area (Å²) in [4.78, 5) is 7.88. The van der Waals surface area contributed by atoms with E-state index in [0.717, 1.165) is 0 Å². The maximum atomic E-state index is 13.0. The van der Waals surface area contributed by atoms with Crippen molar-refractivity contribution in [3.63, 3.8) is 0 Å². The SMILES string of the molecule is Nc1nc(-c2cc(C(F)(F)F)cc(C(F)(F)F)c2)nc2ccccc12. The van der Waals surface area contributed by atoms with Gasteiger partial charge in [0.25, 0.3) is 0 Å². The van der Waals surface area contributed by atoms with Gasteiger partial charge in [0.15, 0.2) is 5.82 Å². The highest BCUT2D eigenvalue weighted by atomic mass is 19.4. The molecule has 0 aliphatic carbocycles. The Labute approximate surface area is 137 Å². The topological polar surface area (TPSA) is 51.8 Å². The number of hydrogen-bond donors (Lipinski definition) is 1. The third-order valence-electron chi connectivity index (χ3n) is 3.48. The first-order valence-electron chi connectivity index (χ1n) is 6.88. The van der Waals surface area contributed by atoms with E-state index in [1.165, 1.54) is 6.07 Å². The molecule has 130 valence electrons. The summed E-state index contributed by atoms with van der Waals surface area (Å²) < 4.78 is 77.7. The van der Waals surface area contributed by atoms with Gasteiger partial charge in [-0.15, -0.1) is 0 Å². The molecular weight excluding hydrogens is 348 g/mol. The zero-order valence-electron chi connectivity index (χ0n) is 12.3. The van der Waals surface area contributed by atoms with Crippen LogP contribution < -0.4 is 5.73 Å². The maximum absolute atomic E-state index is 13.0. The first-order valence-corrected chi connectivity index (χ1v) is 6.88. The third kappa shape index (κ3) is 3.35. The molecule has 0 radical (unpaired) electrons. The van der Waals surface area contributed by atoms with Crippen LogP contribution in [-0.4, -0.2) is 9.97 Å². The Bertz CT molecular complexity index is 914. The molecule has 3 rings (SSSR count). The Morgan fingerprint density at radius 3 is 1.88 bits per heavy atom. The fourth-order valence-corrected chi connectivity index (χ4v) is 2.31. The Hall–Kier alpha value is -2.84. The molecule has 0 aliphatic heterocycles. The highest BCUT2D eigenvalue weighted by Crippen LogP contribution is 2.38. The summed E-state index contributed by atoms with van der Waals surface area (Å²) in [5.74, 6) is -0.348. The number of aromatic nitrogens is 2. The van der Waals surface area contributed by atoms with Crippen LogP contribution in [0.1, 0.15) is 11.1 Å². The van der Waals surface area contributed by atoms with Gasteiger partial charge in [-0.3, -0.25) is 0 Å². The average Bonchev–Trinajstić information content (AvgIpc) is 2.53. The summed E-state index contributed by atoms with van der Waals surface area (Å²) in [5, 5.41) is 0.453. The molecule has 0 amide bonds. The van der Waals surface area contributed by atoms with Crippen LogP contribution in [0.3, 0.4) is 0 Å². The molecule has 2 N–H and O–H groups in total. The minimum atomic E-state index is -4.95. The molecule has 0 unspecified atom stereocenters. The van der Waals surface area contributed by atoms with Gasteiger partial charge >= 0.3 is 12.4 Å². The molecule has 3 aromatic rings. The van der Waals surface area contributed by atoms with Crippen LogP contribution in [0.15, 0.2) is 42.5 Å². The summed E-state index contributed by atoms with van der Waals surface area (Å²) in [6.45, 7) is 0. The standard InChI is InChI=1S/C16H9F6N3/c17-15(18,19)9-5-8(6-10(7-9)16(20,21)22)14-24-12-4-2-1-3-11(12)13(23)25-14/h1-7H,(H2,23,24,25). The van der Waals surface area contributed by atoms with Crippen LogP contribution >= 0.6 is 0 Å². The molecule has 1 aromatic heterocycles. The number of rotatable bonds is 1. The molecule has 0 aliphatic rings. The molecular formula is C16H9F6N3. The molecule has 0 fully saturated rings. The number of hydrogen-bond acceptors (Lipinski definition) is 3. The lowest BCUT2D eigenvalue weighted by Crippen LogP contribution is -2.11. The molecule has 1 heterocycles. The molecule has 0 bridgehead atoms. The lowest BCUT2D eigenvalue weighted by atomic mass is 10.0. The van der Waals surface area contributed by atoms with E-state index < -0.39 is 29.0 Å². The van der Waals surface area contributed by atoms with Crippen LogP contribution in [0.25, 0.3) is 22.3 Å². The quantitative estimate of drug-likeness (QED) is 0.629. The van der Waals surface area contributed by atoms with Crippen molar-refractivity contribution in [3.8, 4) is 11.4 Å². The van der Waals surface area contributed by atoms with Crippen molar-refractivity contribution in [2.45, 2.75) is 12.4 Å². The molecule has 25 heavy (non-hydrogen) atoms. The first-order chi connectivity index (χ1) is 11.6. The molecule has 0 saturated carbocycles. The summed E-state index contributed by atoms with van der Waals surface area (Å²) >= 11 is 0. The molecule has 0 saturated heterocycles. The second kappa shape index (κ2) is 5.61. The van der Waals surface area contributed by atoms with Crippen molar-refractivity contribution >= 4 is 16.7 Å². The number of fused-ring (bicyclic) bond motifs is 1. The van der Waals surface area contributed by atoms with Gasteiger partial charge < -0.3 is 5.73 Å². The number of anilines is 1. The smallest absolute Gasteiger partial charge is 0.383 e. The summed E-state index contributed by atoms with van der Waals surface area (Å²) in [5.41, 5.74) is 2.77. The second-order valence-electron chi connectivity index (χ2n) is 5.24. The van der Waals surface area contributed by atoms with Crippen LogP contribution in [0, 0.1) is 0 Å². The lowest BCUT2D eigenvalue weighted by Gasteiger charge is -2.14. The summed E-state index contributed by atoms with van der Waals surface area (Å²) in [6.07, 6.45) is -9.89. The number of para-hydroxylation sites is 1. The van der Waals surface area contributed by atoms with Crippen molar-refractivity contribution in [1.82, 2.24) is 9.97 Å². The Balaban J connectivity index is 2.26. The van der Waals surface area contributed by atoms with Gasteiger partial charge in [0, 0.05) is 10.9 Å². The van der Waals surface area contributed by atoms with E-state index in [2.05, 4.69) is 9.97 Å². The van der Waals surface area contributed by atoms with Crippen molar-refractivity contribution in [2.24, 2.45) is 0 Å². The largest absolute Gasteiger partial charge is 0.416 e. The predicted molar refractivity (Wildman–Crippen MR) is 79.4 cm³/mol. The Morgan fingerprint density at radius 2 is 1.32 bits per heavy atom. The summed E-state index contributed by atoms with van der Waals surface area (Å²) in [7, 11) is 0. The molecule has 3 nitrogen and oxygen atoms in total. The number of halogens is 6. The van der Waals surface area contributed by atoms with E-state index >= 15 is 0 Å².